The van der Waals surface area contributed by atoms with Gasteiger partial charge in [-0.25, -0.2) is 0 Å². The van der Waals surface area contributed by atoms with Gasteiger partial charge in [-0.2, -0.15) is 0 Å². The molecule has 0 bridgehead atoms. The molecule has 5 nitrogen and oxygen atoms in total. The average Bonchev–Trinajstić information content (AvgIpc) is 2.74. The minimum atomic E-state index is -0.115. The number of ether oxygens (including phenoxy) is 2. The normalized spacial score (nSPS) is 12.6. The number of carbonyl (C=O) groups excluding carboxylic acids is 1. The van der Waals surface area contributed by atoms with Crippen molar-refractivity contribution >= 4 is 23.2 Å². The van der Waals surface area contributed by atoms with Crippen LogP contribution in [-0.2, 0) is 4.79 Å². The van der Waals surface area contributed by atoms with Gasteiger partial charge in [0.25, 0.3) is 0 Å². The highest BCUT2D eigenvalue weighted by atomic mass is 35.5. The summed E-state index contributed by atoms with van der Waals surface area (Å²) in [5.41, 5.74) is 5.86. The Labute approximate surface area is 104 Å². The van der Waals surface area contributed by atoms with Crippen LogP contribution in [0.2, 0.25) is 5.02 Å². The molecule has 0 spiro atoms. The Hall–Kier alpha value is -1.46. The number of hydrogen-bond donors (Lipinski definition) is 2. The minimum absolute atomic E-state index is 0.115. The van der Waals surface area contributed by atoms with E-state index in [0.717, 1.165) is 0 Å². The van der Waals surface area contributed by atoms with Crippen molar-refractivity contribution in [3.05, 3.63) is 17.2 Å². The van der Waals surface area contributed by atoms with Crippen molar-refractivity contribution in [3.63, 3.8) is 0 Å². The molecule has 0 radical (unpaired) electrons. The molecular formula is C11H13ClN2O3. The monoisotopic (exact) mass is 256 g/mol. The molecule has 1 heterocycles. The summed E-state index contributed by atoms with van der Waals surface area (Å²) in [6, 6.07) is 3.29. The second-order valence-electron chi connectivity index (χ2n) is 3.63. The summed E-state index contributed by atoms with van der Waals surface area (Å²) >= 11 is 6.01. The molecule has 17 heavy (non-hydrogen) atoms. The summed E-state index contributed by atoms with van der Waals surface area (Å²) in [7, 11) is 0. The second kappa shape index (κ2) is 5.25. The van der Waals surface area contributed by atoms with Crippen LogP contribution in [0.15, 0.2) is 12.1 Å². The molecule has 0 saturated carbocycles. The Kier molecular flexibility index (Phi) is 3.71. The van der Waals surface area contributed by atoms with Gasteiger partial charge in [0, 0.05) is 18.6 Å². The van der Waals surface area contributed by atoms with Crippen LogP contribution in [0.4, 0.5) is 5.69 Å². The van der Waals surface area contributed by atoms with Crippen LogP contribution in [-0.4, -0.2) is 19.2 Å². The van der Waals surface area contributed by atoms with Crippen molar-refractivity contribution in [3.8, 4) is 11.5 Å². The number of nitrogens with two attached hydrogens (primary N) is 1. The highest BCUT2D eigenvalue weighted by Crippen LogP contribution is 2.39. The van der Waals surface area contributed by atoms with Crippen molar-refractivity contribution in [2.75, 3.05) is 18.7 Å². The van der Waals surface area contributed by atoms with E-state index >= 15 is 0 Å². The predicted molar refractivity (Wildman–Crippen MR) is 64.5 cm³/mol. The Balaban J connectivity index is 2.08. The number of benzene rings is 1. The highest BCUT2D eigenvalue weighted by molar-refractivity contribution is 6.34. The zero-order chi connectivity index (χ0) is 12.3. The van der Waals surface area contributed by atoms with Crippen LogP contribution >= 0.6 is 11.6 Å². The zero-order valence-corrected chi connectivity index (χ0v) is 9.92. The lowest BCUT2D eigenvalue weighted by Crippen LogP contribution is -2.13. The van der Waals surface area contributed by atoms with Gasteiger partial charge in [0.2, 0.25) is 12.7 Å². The molecule has 2 rings (SSSR count). The average molecular weight is 257 g/mol. The maximum absolute atomic E-state index is 11.5. The lowest BCUT2D eigenvalue weighted by atomic mass is 10.2. The number of fused-ring (bicyclic) bond motifs is 1. The Morgan fingerprint density at radius 1 is 1.41 bits per heavy atom. The fourth-order valence-electron chi connectivity index (χ4n) is 1.49. The van der Waals surface area contributed by atoms with E-state index in [1.165, 1.54) is 0 Å². The quantitative estimate of drug-likeness (QED) is 0.861. The van der Waals surface area contributed by atoms with Crippen LogP contribution in [0.3, 0.4) is 0 Å². The third-order valence-corrected chi connectivity index (χ3v) is 2.66. The van der Waals surface area contributed by atoms with Crippen molar-refractivity contribution in [2.45, 2.75) is 12.8 Å². The minimum Gasteiger partial charge on any atom is -0.454 e. The van der Waals surface area contributed by atoms with Gasteiger partial charge < -0.3 is 20.5 Å². The van der Waals surface area contributed by atoms with Crippen LogP contribution in [0, 0.1) is 0 Å². The Bertz CT molecular complexity index is 437. The molecule has 92 valence electrons. The summed E-state index contributed by atoms with van der Waals surface area (Å²) < 4.78 is 10.4. The summed E-state index contributed by atoms with van der Waals surface area (Å²) in [6.45, 7) is 0.665. The highest BCUT2D eigenvalue weighted by Gasteiger charge is 2.17. The van der Waals surface area contributed by atoms with Gasteiger partial charge in [0.05, 0.1) is 10.7 Å². The van der Waals surface area contributed by atoms with E-state index in [4.69, 9.17) is 26.8 Å². The maximum atomic E-state index is 11.5. The lowest BCUT2D eigenvalue weighted by Gasteiger charge is -2.08. The van der Waals surface area contributed by atoms with Gasteiger partial charge in [-0.1, -0.05) is 11.6 Å². The van der Waals surface area contributed by atoms with Gasteiger partial charge in [-0.3, -0.25) is 4.79 Å². The summed E-state index contributed by atoms with van der Waals surface area (Å²) in [5.74, 6) is 1.06. The Morgan fingerprint density at radius 3 is 2.82 bits per heavy atom. The molecule has 0 aliphatic carbocycles. The van der Waals surface area contributed by atoms with Crippen LogP contribution in [0.1, 0.15) is 12.8 Å². The third-order valence-electron chi connectivity index (χ3n) is 2.34. The number of halogens is 1. The van der Waals surface area contributed by atoms with E-state index in [-0.39, 0.29) is 12.7 Å². The third kappa shape index (κ3) is 2.81. The molecule has 0 saturated heterocycles. The van der Waals surface area contributed by atoms with Crippen LogP contribution in [0.25, 0.3) is 0 Å². The van der Waals surface area contributed by atoms with Crippen LogP contribution < -0.4 is 20.5 Å². The van der Waals surface area contributed by atoms with E-state index in [1.807, 2.05) is 0 Å². The van der Waals surface area contributed by atoms with E-state index in [9.17, 15) is 4.79 Å². The molecule has 1 aliphatic heterocycles. The van der Waals surface area contributed by atoms with Gasteiger partial charge in [0.1, 0.15) is 0 Å². The van der Waals surface area contributed by atoms with Crippen LogP contribution in [0.5, 0.6) is 11.5 Å². The van der Waals surface area contributed by atoms with E-state index in [2.05, 4.69) is 5.32 Å². The summed E-state index contributed by atoms with van der Waals surface area (Å²) in [6.07, 6.45) is 1.02. The molecule has 0 fully saturated rings. The molecule has 1 aromatic rings. The van der Waals surface area contributed by atoms with Crippen molar-refractivity contribution < 1.29 is 14.3 Å². The largest absolute Gasteiger partial charge is 0.454 e. The van der Waals surface area contributed by atoms with E-state index < -0.39 is 0 Å². The number of amides is 1. The molecule has 0 unspecified atom stereocenters. The smallest absolute Gasteiger partial charge is 0.231 e. The number of nitrogens with one attached hydrogen (secondary N) is 1. The second-order valence-corrected chi connectivity index (χ2v) is 4.03. The predicted octanol–water partition coefficient (Wildman–Crippen LogP) is 1.75. The molecular weight excluding hydrogens is 244 g/mol. The lowest BCUT2D eigenvalue weighted by molar-refractivity contribution is -0.116. The van der Waals surface area contributed by atoms with Gasteiger partial charge in [-0.05, 0) is 13.0 Å². The Morgan fingerprint density at radius 2 is 2.12 bits per heavy atom. The molecule has 0 aromatic heterocycles. The molecule has 0 atom stereocenters. The van der Waals surface area contributed by atoms with Crippen molar-refractivity contribution in [1.82, 2.24) is 0 Å². The number of rotatable bonds is 4. The first-order chi connectivity index (χ1) is 8.20. The topological polar surface area (TPSA) is 73.6 Å². The van der Waals surface area contributed by atoms with Gasteiger partial charge >= 0.3 is 0 Å². The first kappa shape index (κ1) is 12.0. The fraction of sp³-hybridized carbons (Fsp3) is 0.364. The van der Waals surface area contributed by atoms with Gasteiger partial charge in [-0.15, -0.1) is 0 Å². The SMILES string of the molecule is NCCCC(=O)Nc1cc2c(cc1Cl)OCO2. The molecule has 1 aromatic carbocycles. The first-order valence-electron chi connectivity index (χ1n) is 5.30. The maximum Gasteiger partial charge on any atom is 0.231 e. The summed E-state index contributed by atoms with van der Waals surface area (Å²) in [5, 5.41) is 3.14. The summed E-state index contributed by atoms with van der Waals surface area (Å²) in [4.78, 5) is 11.5. The number of anilines is 1. The van der Waals surface area contributed by atoms with E-state index in [0.29, 0.717) is 41.6 Å². The van der Waals surface area contributed by atoms with Gasteiger partial charge in [0.15, 0.2) is 11.5 Å². The number of carbonyl (C=O) groups is 1. The van der Waals surface area contributed by atoms with E-state index in [1.54, 1.807) is 12.1 Å². The van der Waals surface area contributed by atoms with Crippen molar-refractivity contribution in [1.29, 1.82) is 0 Å². The molecule has 3 N–H and O–H groups in total. The van der Waals surface area contributed by atoms with Crippen molar-refractivity contribution in [2.24, 2.45) is 5.73 Å². The molecule has 6 heteroatoms. The number of hydrogen-bond acceptors (Lipinski definition) is 4. The first-order valence-corrected chi connectivity index (χ1v) is 5.67. The zero-order valence-electron chi connectivity index (χ0n) is 9.16. The molecule has 1 aliphatic rings. The standard InChI is InChI=1S/C11H13ClN2O3/c12-7-4-9-10(17-6-16-9)5-8(7)14-11(15)2-1-3-13/h4-5H,1-3,6,13H2,(H,14,15). The molecule has 1 amide bonds. The fourth-order valence-corrected chi connectivity index (χ4v) is 1.69.